The molecule has 0 bridgehead atoms. The minimum Gasteiger partial charge on any atom is -0.504 e. The number of ether oxygens (including phenoxy) is 1. The van der Waals surface area contributed by atoms with E-state index in [-0.39, 0.29) is 5.75 Å². The van der Waals surface area contributed by atoms with Crippen molar-refractivity contribution in [1.82, 2.24) is 10.3 Å². The molecule has 2 aromatic rings. The van der Waals surface area contributed by atoms with Gasteiger partial charge in [-0.15, -0.1) is 0 Å². The number of hydrogen-bond acceptors (Lipinski definition) is 4. The standard InChI is InChI=1S/C15H18N2O2/c1-11-4-3-7-17-13(11)10-16-9-12-5-6-15(19-2)14(18)8-12/h3-8,16,18H,9-10H2,1-2H3. The normalized spacial score (nSPS) is 10.4. The molecule has 19 heavy (non-hydrogen) atoms. The van der Waals surface area contributed by atoms with Gasteiger partial charge in [-0.05, 0) is 36.2 Å². The molecule has 4 nitrogen and oxygen atoms in total. The minimum atomic E-state index is 0.163. The monoisotopic (exact) mass is 258 g/mol. The fraction of sp³-hybridized carbons (Fsp3) is 0.267. The SMILES string of the molecule is COc1ccc(CNCc2ncccc2C)cc1O. The average molecular weight is 258 g/mol. The smallest absolute Gasteiger partial charge is 0.160 e. The third kappa shape index (κ3) is 3.45. The summed E-state index contributed by atoms with van der Waals surface area (Å²) in [6.07, 6.45) is 1.79. The van der Waals surface area contributed by atoms with Crippen LogP contribution in [0.5, 0.6) is 11.5 Å². The number of aromatic nitrogens is 1. The second-order valence-corrected chi connectivity index (χ2v) is 4.38. The van der Waals surface area contributed by atoms with Gasteiger partial charge in [0, 0.05) is 19.3 Å². The highest BCUT2D eigenvalue weighted by Crippen LogP contribution is 2.26. The van der Waals surface area contributed by atoms with E-state index in [9.17, 15) is 5.11 Å². The maximum Gasteiger partial charge on any atom is 0.160 e. The molecule has 0 saturated heterocycles. The number of nitrogens with zero attached hydrogens (tertiary/aromatic N) is 1. The Morgan fingerprint density at radius 1 is 1.26 bits per heavy atom. The third-order valence-electron chi connectivity index (χ3n) is 2.98. The van der Waals surface area contributed by atoms with E-state index in [2.05, 4.69) is 10.3 Å². The third-order valence-corrected chi connectivity index (χ3v) is 2.98. The van der Waals surface area contributed by atoms with Gasteiger partial charge in [-0.1, -0.05) is 12.1 Å². The number of rotatable bonds is 5. The van der Waals surface area contributed by atoms with Crippen molar-refractivity contribution in [2.75, 3.05) is 7.11 Å². The molecule has 0 radical (unpaired) electrons. The van der Waals surface area contributed by atoms with Crippen molar-refractivity contribution in [2.45, 2.75) is 20.0 Å². The topological polar surface area (TPSA) is 54.4 Å². The Balaban J connectivity index is 1.93. The van der Waals surface area contributed by atoms with Crippen LogP contribution in [0.1, 0.15) is 16.8 Å². The molecule has 0 aliphatic heterocycles. The summed E-state index contributed by atoms with van der Waals surface area (Å²) < 4.78 is 5.01. The van der Waals surface area contributed by atoms with Gasteiger partial charge in [-0.25, -0.2) is 0 Å². The second kappa shape index (κ2) is 6.20. The van der Waals surface area contributed by atoms with Crippen LogP contribution in [0.3, 0.4) is 0 Å². The molecule has 0 aliphatic carbocycles. The first-order chi connectivity index (χ1) is 9.20. The average Bonchev–Trinajstić information content (AvgIpc) is 2.41. The fourth-order valence-corrected chi connectivity index (χ4v) is 1.87. The molecule has 0 unspecified atom stereocenters. The molecule has 1 aromatic carbocycles. The molecular formula is C15H18N2O2. The van der Waals surface area contributed by atoms with Gasteiger partial charge < -0.3 is 15.2 Å². The van der Waals surface area contributed by atoms with Crippen LogP contribution in [0, 0.1) is 6.92 Å². The van der Waals surface area contributed by atoms with Gasteiger partial charge in [0.15, 0.2) is 11.5 Å². The molecule has 4 heteroatoms. The molecular weight excluding hydrogens is 240 g/mol. The number of aryl methyl sites for hydroxylation is 1. The van der Waals surface area contributed by atoms with Crippen molar-refractivity contribution in [2.24, 2.45) is 0 Å². The Labute approximate surface area is 113 Å². The summed E-state index contributed by atoms with van der Waals surface area (Å²) in [5.41, 5.74) is 3.22. The Morgan fingerprint density at radius 3 is 2.79 bits per heavy atom. The number of hydrogen-bond donors (Lipinski definition) is 2. The number of phenols is 1. The Morgan fingerprint density at radius 2 is 2.11 bits per heavy atom. The van der Waals surface area contributed by atoms with E-state index in [1.807, 2.05) is 25.1 Å². The van der Waals surface area contributed by atoms with E-state index in [1.165, 1.54) is 12.7 Å². The maximum absolute atomic E-state index is 9.69. The zero-order valence-corrected chi connectivity index (χ0v) is 11.2. The molecule has 100 valence electrons. The van der Waals surface area contributed by atoms with E-state index in [0.717, 1.165) is 11.3 Å². The lowest BCUT2D eigenvalue weighted by atomic mass is 10.2. The van der Waals surface area contributed by atoms with Crippen molar-refractivity contribution in [3.05, 3.63) is 53.3 Å². The number of methoxy groups -OCH3 is 1. The molecule has 0 spiro atoms. The number of nitrogens with one attached hydrogen (secondary N) is 1. The van der Waals surface area contributed by atoms with Crippen LogP contribution in [0.4, 0.5) is 0 Å². The molecule has 0 fully saturated rings. The molecule has 0 saturated carbocycles. The Bertz CT molecular complexity index is 556. The van der Waals surface area contributed by atoms with Crippen molar-refractivity contribution >= 4 is 0 Å². The largest absolute Gasteiger partial charge is 0.504 e. The summed E-state index contributed by atoms with van der Waals surface area (Å²) in [5.74, 6) is 0.653. The Kier molecular flexibility index (Phi) is 4.36. The fourth-order valence-electron chi connectivity index (χ4n) is 1.87. The first kappa shape index (κ1) is 13.4. The molecule has 1 heterocycles. The van der Waals surface area contributed by atoms with Crippen molar-refractivity contribution < 1.29 is 9.84 Å². The lowest BCUT2D eigenvalue weighted by Crippen LogP contribution is -2.14. The van der Waals surface area contributed by atoms with Gasteiger partial charge in [0.05, 0.1) is 12.8 Å². The molecule has 2 rings (SSSR count). The first-order valence-electron chi connectivity index (χ1n) is 6.18. The van der Waals surface area contributed by atoms with Crippen LogP contribution in [0.15, 0.2) is 36.5 Å². The number of phenolic OH excluding ortho intramolecular Hbond substituents is 1. The summed E-state index contributed by atoms with van der Waals surface area (Å²) >= 11 is 0. The zero-order chi connectivity index (χ0) is 13.7. The predicted molar refractivity (Wildman–Crippen MR) is 74.2 cm³/mol. The van der Waals surface area contributed by atoms with E-state index >= 15 is 0 Å². The zero-order valence-electron chi connectivity index (χ0n) is 11.2. The number of pyridine rings is 1. The van der Waals surface area contributed by atoms with Gasteiger partial charge in [-0.2, -0.15) is 0 Å². The maximum atomic E-state index is 9.69. The first-order valence-corrected chi connectivity index (χ1v) is 6.18. The molecule has 2 N–H and O–H groups in total. The van der Waals surface area contributed by atoms with Crippen molar-refractivity contribution in [3.63, 3.8) is 0 Å². The highest BCUT2D eigenvalue weighted by atomic mass is 16.5. The minimum absolute atomic E-state index is 0.163. The lowest BCUT2D eigenvalue weighted by Gasteiger charge is -2.08. The van der Waals surface area contributed by atoms with Gasteiger partial charge >= 0.3 is 0 Å². The summed E-state index contributed by atoms with van der Waals surface area (Å²) in [6.45, 7) is 3.43. The van der Waals surface area contributed by atoms with E-state index in [0.29, 0.717) is 18.8 Å². The predicted octanol–water partition coefficient (Wildman–Crippen LogP) is 2.39. The van der Waals surface area contributed by atoms with Crippen LogP contribution in [0.2, 0.25) is 0 Å². The van der Waals surface area contributed by atoms with Crippen LogP contribution < -0.4 is 10.1 Å². The quantitative estimate of drug-likeness (QED) is 0.864. The van der Waals surface area contributed by atoms with Crippen LogP contribution in [-0.2, 0) is 13.1 Å². The van der Waals surface area contributed by atoms with E-state index in [4.69, 9.17) is 4.74 Å². The number of benzene rings is 1. The second-order valence-electron chi connectivity index (χ2n) is 4.38. The molecule has 0 atom stereocenters. The van der Waals surface area contributed by atoms with Crippen LogP contribution in [0.25, 0.3) is 0 Å². The highest BCUT2D eigenvalue weighted by Gasteiger charge is 2.03. The Hall–Kier alpha value is -2.07. The van der Waals surface area contributed by atoms with Gasteiger partial charge in [-0.3, -0.25) is 4.98 Å². The van der Waals surface area contributed by atoms with Crippen molar-refractivity contribution in [1.29, 1.82) is 0 Å². The summed E-state index contributed by atoms with van der Waals surface area (Å²) in [6, 6.07) is 9.37. The van der Waals surface area contributed by atoms with Gasteiger partial charge in [0.1, 0.15) is 0 Å². The van der Waals surface area contributed by atoms with Crippen molar-refractivity contribution in [3.8, 4) is 11.5 Å². The van der Waals surface area contributed by atoms with Crippen LogP contribution >= 0.6 is 0 Å². The van der Waals surface area contributed by atoms with Crippen LogP contribution in [-0.4, -0.2) is 17.2 Å². The molecule has 1 aromatic heterocycles. The summed E-state index contributed by atoms with van der Waals surface area (Å²) in [7, 11) is 1.54. The summed E-state index contributed by atoms with van der Waals surface area (Å²) in [4.78, 5) is 4.32. The van der Waals surface area contributed by atoms with Gasteiger partial charge in [0.25, 0.3) is 0 Å². The van der Waals surface area contributed by atoms with E-state index < -0.39 is 0 Å². The lowest BCUT2D eigenvalue weighted by molar-refractivity contribution is 0.373. The highest BCUT2D eigenvalue weighted by molar-refractivity contribution is 5.41. The summed E-state index contributed by atoms with van der Waals surface area (Å²) in [5, 5.41) is 13.0. The van der Waals surface area contributed by atoms with Gasteiger partial charge in [0.2, 0.25) is 0 Å². The number of aromatic hydroxyl groups is 1. The molecule has 0 aliphatic rings. The molecule has 0 amide bonds. The van der Waals surface area contributed by atoms with E-state index in [1.54, 1.807) is 18.3 Å².